The van der Waals surface area contributed by atoms with Gasteiger partial charge in [-0.1, -0.05) is 6.92 Å². The van der Waals surface area contributed by atoms with Crippen LogP contribution in [0, 0.1) is 13.8 Å². The number of ether oxygens (including phenoxy) is 1. The summed E-state index contributed by atoms with van der Waals surface area (Å²) in [6.45, 7) is 11.1. The summed E-state index contributed by atoms with van der Waals surface area (Å²) in [6.07, 6.45) is 2.55. The van der Waals surface area contributed by atoms with Gasteiger partial charge in [-0.05, 0) is 51.3 Å². The number of rotatable bonds is 6. The lowest BCUT2D eigenvalue weighted by Gasteiger charge is -2.11. The first-order chi connectivity index (χ1) is 11.0. The van der Waals surface area contributed by atoms with Crippen molar-refractivity contribution in [2.24, 2.45) is 0 Å². The number of carbonyl (C=O) groups is 1. The predicted octanol–water partition coefficient (Wildman–Crippen LogP) is 4.38. The third kappa shape index (κ3) is 3.76. The number of allylic oxidation sites excluding steroid dienone is 1. The van der Waals surface area contributed by atoms with Gasteiger partial charge in [-0.2, -0.15) is 0 Å². The molecule has 1 heterocycles. The van der Waals surface area contributed by atoms with Crippen LogP contribution < -0.4 is 10.1 Å². The van der Waals surface area contributed by atoms with Crippen molar-refractivity contribution in [1.82, 2.24) is 5.32 Å². The highest BCUT2D eigenvalue weighted by Crippen LogP contribution is 2.34. The van der Waals surface area contributed by atoms with Gasteiger partial charge < -0.3 is 14.5 Å². The molecule has 0 bridgehead atoms. The molecule has 2 aromatic rings. The van der Waals surface area contributed by atoms with Gasteiger partial charge in [-0.3, -0.25) is 4.79 Å². The highest BCUT2D eigenvalue weighted by Gasteiger charge is 2.14. The van der Waals surface area contributed by atoms with Crippen LogP contribution >= 0.6 is 0 Å². The molecule has 0 saturated carbocycles. The maximum Gasteiger partial charge on any atom is 0.244 e. The van der Waals surface area contributed by atoms with Gasteiger partial charge in [0.1, 0.15) is 17.1 Å². The fraction of sp³-hybridized carbons (Fsp3) is 0.421. The number of benzene rings is 1. The Hall–Kier alpha value is -2.23. The molecule has 0 unspecified atom stereocenters. The molecule has 0 fully saturated rings. The fourth-order valence-electron chi connectivity index (χ4n) is 2.53. The quantitative estimate of drug-likeness (QED) is 0.805. The summed E-state index contributed by atoms with van der Waals surface area (Å²) in [5, 5.41) is 3.92. The first-order valence-corrected chi connectivity index (χ1v) is 8.10. The zero-order valence-corrected chi connectivity index (χ0v) is 14.6. The molecule has 1 amide bonds. The largest absolute Gasteiger partial charge is 0.493 e. The smallest absolute Gasteiger partial charge is 0.244 e. The Morgan fingerprint density at radius 3 is 2.70 bits per heavy atom. The monoisotopic (exact) mass is 315 g/mol. The third-order valence-electron chi connectivity index (χ3n) is 3.90. The van der Waals surface area contributed by atoms with Crippen molar-refractivity contribution in [3.8, 4) is 5.75 Å². The average molecular weight is 315 g/mol. The number of hydrogen-bond donors (Lipinski definition) is 1. The van der Waals surface area contributed by atoms with Gasteiger partial charge in [0.2, 0.25) is 5.91 Å². The van der Waals surface area contributed by atoms with Crippen LogP contribution in [0.15, 0.2) is 22.6 Å². The first kappa shape index (κ1) is 17.1. The van der Waals surface area contributed by atoms with E-state index < -0.39 is 0 Å². The third-order valence-corrected chi connectivity index (χ3v) is 3.90. The van der Waals surface area contributed by atoms with E-state index in [0.717, 1.165) is 45.6 Å². The van der Waals surface area contributed by atoms with E-state index in [1.165, 1.54) is 0 Å². The van der Waals surface area contributed by atoms with Gasteiger partial charge in [0.25, 0.3) is 0 Å². The Kier molecular flexibility index (Phi) is 5.48. The molecule has 0 atom stereocenters. The minimum Gasteiger partial charge on any atom is -0.493 e. The molecule has 1 aromatic carbocycles. The minimum absolute atomic E-state index is 0.0769. The molecule has 2 rings (SSSR count). The molecular formula is C19H25NO3. The van der Waals surface area contributed by atoms with Crippen LogP contribution in [-0.2, 0) is 4.79 Å². The van der Waals surface area contributed by atoms with Gasteiger partial charge in [-0.25, -0.2) is 0 Å². The average Bonchev–Trinajstić information content (AvgIpc) is 2.79. The number of furan rings is 1. The zero-order valence-electron chi connectivity index (χ0n) is 14.6. The van der Waals surface area contributed by atoms with E-state index in [1.54, 1.807) is 6.08 Å². The molecule has 4 nitrogen and oxygen atoms in total. The molecule has 124 valence electrons. The van der Waals surface area contributed by atoms with Crippen molar-refractivity contribution in [2.45, 2.75) is 41.0 Å². The van der Waals surface area contributed by atoms with Gasteiger partial charge in [0, 0.05) is 29.6 Å². The standard InChI is InChI=1S/C19H25NO3/c1-6-8-20-19(21)9-12(3)15-10-16-13(4)14(5)23-18(16)11-17(15)22-7-2/h9-11H,6-8H2,1-5H3,(H,20,21)/b12-9+. The van der Waals surface area contributed by atoms with Crippen molar-refractivity contribution >= 4 is 22.4 Å². The number of carbonyl (C=O) groups excluding carboxylic acids is 1. The molecule has 0 radical (unpaired) electrons. The highest BCUT2D eigenvalue weighted by atomic mass is 16.5. The summed E-state index contributed by atoms with van der Waals surface area (Å²) < 4.78 is 11.5. The minimum atomic E-state index is -0.0769. The molecule has 23 heavy (non-hydrogen) atoms. The zero-order chi connectivity index (χ0) is 17.0. The van der Waals surface area contributed by atoms with Gasteiger partial charge in [0.05, 0.1) is 6.61 Å². The van der Waals surface area contributed by atoms with Crippen LogP contribution in [0.5, 0.6) is 5.75 Å². The normalized spacial score (nSPS) is 11.8. The number of hydrogen-bond acceptors (Lipinski definition) is 3. The molecule has 0 saturated heterocycles. The van der Waals surface area contributed by atoms with Crippen molar-refractivity contribution in [2.75, 3.05) is 13.2 Å². The molecule has 0 aliphatic rings. The Morgan fingerprint density at radius 1 is 1.30 bits per heavy atom. The summed E-state index contributed by atoms with van der Waals surface area (Å²) in [4.78, 5) is 11.9. The molecule has 1 aromatic heterocycles. The lowest BCUT2D eigenvalue weighted by Crippen LogP contribution is -2.21. The Morgan fingerprint density at radius 2 is 2.04 bits per heavy atom. The van der Waals surface area contributed by atoms with Crippen LogP contribution in [0.25, 0.3) is 16.5 Å². The second kappa shape index (κ2) is 7.36. The number of amides is 1. The van der Waals surface area contributed by atoms with E-state index in [9.17, 15) is 4.79 Å². The second-order valence-corrected chi connectivity index (χ2v) is 5.68. The van der Waals surface area contributed by atoms with Crippen molar-refractivity contribution in [3.63, 3.8) is 0 Å². The van der Waals surface area contributed by atoms with E-state index in [0.29, 0.717) is 13.2 Å². The van der Waals surface area contributed by atoms with E-state index in [2.05, 4.69) is 5.32 Å². The first-order valence-electron chi connectivity index (χ1n) is 8.10. The van der Waals surface area contributed by atoms with E-state index >= 15 is 0 Å². The predicted molar refractivity (Wildman–Crippen MR) is 93.8 cm³/mol. The molecule has 1 N–H and O–H groups in total. The molecule has 0 aliphatic heterocycles. The van der Waals surface area contributed by atoms with Crippen LogP contribution in [0.2, 0.25) is 0 Å². The van der Waals surface area contributed by atoms with E-state index in [4.69, 9.17) is 9.15 Å². The summed E-state index contributed by atoms with van der Waals surface area (Å²) >= 11 is 0. The van der Waals surface area contributed by atoms with E-state index in [1.807, 2.05) is 46.8 Å². The number of nitrogens with one attached hydrogen (secondary N) is 1. The summed E-state index contributed by atoms with van der Waals surface area (Å²) in [5.41, 5.74) is 3.74. The van der Waals surface area contributed by atoms with Crippen molar-refractivity contribution < 1.29 is 13.9 Å². The molecular weight excluding hydrogens is 290 g/mol. The molecule has 0 aliphatic carbocycles. The van der Waals surface area contributed by atoms with Crippen LogP contribution in [0.3, 0.4) is 0 Å². The molecule has 0 spiro atoms. The second-order valence-electron chi connectivity index (χ2n) is 5.68. The topological polar surface area (TPSA) is 51.5 Å². The van der Waals surface area contributed by atoms with Crippen LogP contribution in [0.1, 0.15) is 44.1 Å². The highest BCUT2D eigenvalue weighted by molar-refractivity contribution is 5.97. The lowest BCUT2D eigenvalue weighted by molar-refractivity contribution is -0.116. The van der Waals surface area contributed by atoms with Crippen LogP contribution in [0.4, 0.5) is 0 Å². The van der Waals surface area contributed by atoms with Gasteiger partial charge in [0.15, 0.2) is 0 Å². The Balaban J connectivity index is 2.47. The number of aryl methyl sites for hydroxylation is 2. The maximum absolute atomic E-state index is 11.9. The summed E-state index contributed by atoms with van der Waals surface area (Å²) in [7, 11) is 0. The lowest BCUT2D eigenvalue weighted by atomic mass is 10.0. The number of fused-ring (bicyclic) bond motifs is 1. The summed E-state index contributed by atoms with van der Waals surface area (Å²) in [5.74, 6) is 1.57. The van der Waals surface area contributed by atoms with Gasteiger partial charge in [-0.15, -0.1) is 0 Å². The van der Waals surface area contributed by atoms with E-state index in [-0.39, 0.29) is 5.91 Å². The molecule has 4 heteroatoms. The van der Waals surface area contributed by atoms with Crippen molar-refractivity contribution in [3.05, 3.63) is 35.1 Å². The Bertz CT molecular complexity index is 741. The fourth-order valence-corrected chi connectivity index (χ4v) is 2.53. The SMILES string of the molecule is CCCNC(=O)/C=C(\C)c1cc2c(C)c(C)oc2cc1OCC. The summed E-state index contributed by atoms with van der Waals surface area (Å²) in [6, 6.07) is 3.96. The maximum atomic E-state index is 11.9. The Labute approximate surface area is 137 Å². The van der Waals surface area contributed by atoms with Crippen LogP contribution in [-0.4, -0.2) is 19.1 Å². The van der Waals surface area contributed by atoms with Crippen molar-refractivity contribution in [1.29, 1.82) is 0 Å². The van der Waals surface area contributed by atoms with Gasteiger partial charge >= 0.3 is 0 Å².